The molecule has 0 atom stereocenters. The summed E-state index contributed by atoms with van der Waals surface area (Å²) in [7, 11) is 0. The van der Waals surface area contributed by atoms with Gasteiger partial charge in [0.2, 0.25) is 0 Å². The van der Waals surface area contributed by atoms with E-state index < -0.39 is 0 Å². The van der Waals surface area contributed by atoms with Crippen LogP contribution in [-0.2, 0) is 0 Å². The van der Waals surface area contributed by atoms with Gasteiger partial charge < -0.3 is 10.8 Å². The maximum absolute atomic E-state index is 11.2. The number of phenols is 1. The molecule has 0 fully saturated rings. The Morgan fingerprint density at radius 1 is 1.38 bits per heavy atom. The molecule has 2 aromatic rings. The van der Waals surface area contributed by atoms with Gasteiger partial charge in [-0.3, -0.25) is 4.79 Å². The van der Waals surface area contributed by atoms with Gasteiger partial charge in [0.15, 0.2) is 5.78 Å². The molecule has 0 saturated carbocycles. The third-order valence-electron chi connectivity index (χ3n) is 2.29. The second kappa shape index (κ2) is 3.98. The molecule has 0 radical (unpaired) electrons. The molecule has 0 aliphatic carbocycles. The van der Waals surface area contributed by atoms with E-state index in [1.54, 1.807) is 23.6 Å². The molecule has 3 nitrogen and oxygen atoms in total. The van der Waals surface area contributed by atoms with Crippen molar-refractivity contribution in [1.29, 1.82) is 0 Å². The molecule has 16 heavy (non-hydrogen) atoms. The largest absolute Gasteiger partial charge is 0.507 e. The number of carbonyl (C=O) groups is 1. The molecule has 1 aromatic carbocycles. The molecule has 1 aromatic heterocycles. The summed E-state index contributed by atoms with van der Waals surface area (Å²) in [5.74, 6) is 0.161. The molecule has 82 valence electrons. The molecule has 0 bridgehead atoms. The van der Waals surface area contributed by atoms with Crippen LogP contribution in [0.25, 0.3) is 10.4 Å². The third kappa shape index (κ3) is 1.92. The first-order valence-corrected chi connectivity index (χ1v) is 5.64. The van der Waals surface area contributed by atoms with Crippen LogP contribution in [0.1, 0.15) is 17.3 Å². The summed E-state index contributed by atoms with van der Waals surface area (Å²) in [6.07, 6.45) is 0. The van der Waals surface area contributed by atoms with Crippen molar-refractivity contribution < 1.29 is 9.90 Å². The van der Waals surface area contributed by atoms with Crippen LogP contribution in [0.15, 0.2) is 29.6 Å². The zero-order valence-electron chi connectivity index (χ0n) is 8.73. The lowest BCUT2D eigenvalue weighted by Gasteiger charge is -2.02. The lowest BCUT2D eigenvalue weighted by molar-refractivity contribution is 0.101. The van der Waals surface area contributed by atoms with Gasteiger partial charge in [-0.05, 0) is 25.1 Å². The quantitative estimate of drug-likeness (QED) is 0.619. The third-order valence-corrected chi connectivity index (χ3v) is 3.26. The lowest BCUT2D eigenvalue weighted by Crippen LogP contribution is -1.86. The van der Waals surface area contributed by atoms with Crippen LogP contribution in [0, 0.1) is 0 Å². The molecular formula is C12H11NO2S. The average Bonchev–Trinajstić information content (AvgIpc) is 2.66. The Bertz CT molecular complexity index is 546. The van der Waals surface area contributed by atoms with Gasteiger partial charge in [0.05, 0.1) is 0 Å². The summed E-state index contributed by atoms with van der Waals surface area (Å²) in [6, 6.07) is 6.75. The number of rotatable bonds is 2. The fourth-order valence-corrected chi connectivity index (χ4v) is 2.40. The van der Waals surface area contributed by atoms with Crippen molar-refractivity contribution in [3.05, 3.63) is 35.2 Å². The fourth-order valence-electron chi connectivity index (χ4n) is 1.42. The van der Waals surface area contributed by atoms with Crippen molar-refractivity contribution >= 4 is 22.8 Å². The number of phenolic OH excluding ortho intramolecular Hbond substituents is 1. The summed E-state index contributed by atoms with van der Waals surface area (Å²) in [6.45, 7) is 1.52. The highest BCUT2D eigenvalue weighted by molar-refractivity contribution is 7.13. The molecular weight excluding hydrogens is 222 g/mol. The van der Waals surface area contributed by atoms with Crippen LogP contribution in [0.5, 0.6) is 5.75 Å². The molecule has 4 heteroatoms. The van der Waals surface area contributed by atoms with Gasteiger partial charge in [-0.2, -0.15) is 0 Å². The van der Waals surface area contributed by atoms with Gasteiger partial charge in [-0.1, -0.05) is 0 Å². The second-order valence-electron chi connectivity index (χ2n) is 3.53. The minimum absolute atomic E-state index is 0.0254. The van der Waals surface area contributed by atoms with Gasteiger partial charge in [0.1, 0.15) is 5.75 Å². The van der Waals surface area contributed by atoms with Crippen molar-refractivity contribution in [1.82, 2.24) is 0 Å². The Labute approximate surface area is 97.2 Å². The molecule has 0 saturated heterocycles. The maximum atomic E-state index is 11.2. The minimum Gasteiger partial charge on any atom is -0.507 e. The summed E-state index contributed by atoms with van der Waals surface area (Å²) >= 11 is 1.43. The molecule has 3 N–H and O–H groups in total. The van der Waals surface area contributed by atoms with Gasteiger partial charge >= 0.3 is 0 Å². The first kappa shape index (κ1) is 10.7. The van der Waals surface area contributed by atoms with Crippen LogP contribution in [0.3, 0.4) is 0 Å². The summed E-state index contributed by atoms with van der Waals surface area (Å²) in [5, 5.41) is 11.5. The van der Waals surface area contributed by atoms with Crippen LogP contribution < -0.4 is 5.73 Å². The van der Waals surface area contributed by atoms with E-state index in [1.165, 1.54) is 24.3 Å². The number of thiophene rings is 1. The summed E-state index contributed by atoms with van der Waals surface area (Å²) in [5.41, 5.74) is 7.43. The molecule has 1 heterocycles. The molecule has 0 aliphatic heterocycles. The number of anilines is 1. The van der Waals surface area contributed by atoms with E-state index >= 15 is 0 Å². The van der Waals surface area contributed by atoms with Crippen LogP contribution in [0.4, 0.5) is 5.69 Å². The van der Waals surface area contributed by atoms with Crippen molar-refractivity contribution in [3.63, 3.8) is 0 Å². The number of carbonyl (C=O) groups excluding carboxylic acids is 1. The van der Waals surface area contributed by atoms with E-state index in [4.69, 9.17) is 5.73 Å². The van der Waals surface area contributed by atoms with E-state index in [0.29, 0.717) is 16.8 Å². The normalized spacial score (nSPS) is 10.3. The molecule has 0 unspecified atom stereocenters. The van der Waals surface area contributed by atoms with Crippen LogP contribution >= 0.6 is 11.3 Å². The number of hydrogen-bond acceptors (Lipinski definition) is 4. The van der Waals surface area contributed by atoms with Crippen molar-refractivity contribution in [2.75, 3.05) is 5.73 Å². The molecule has 0 spiro atoms. The first-order chi connectivity index (χ1) is 7.58. The Balaban J connectivity index is 2.46. The molecule has 0 amide bonds. The first-order valence-electron chi connectivity index (χ1n) is 4.76. The lowest BCUT2D eigenvalue weighted by atomic mass is 10.1. The van der Waals surface area contributed by atoms with Crippen molar-refractivity contribution in [2.24, 2.45) is 0 Å². The van der Waals surface area contributed by atoms with E-state index in [1.807, 2.05) is 0 Å². The Kier molecular flexibility index (Phi) is 2.66. The standard InChI is InChI=1S/C12H11NO2S/c1-7(14)8-4-12(16-6-8)10-3-2-9(13)5-11(10)15/h2-6,15H,13H2,1H3. The number of benzene rings is 1. The number of Topliss-reactive ketones (excluding diaryl/α,β-unsaturated/α-hetero) is 1. The highest BCUT2D eigenvalue weighted by atomic mass is 32.1. The second-order valence-corrected chi connectivity index (χ2v) is 4.44. The van der Waals surface area contributed by atoms with Gasteiger partial charge in [-0.25, -0.2) is 0 Å². The van der Waals surface area contributed by atoms with Crippen LogP contribution in [-0.4, -0.2) is 10.9 Å². The van der Waals surface area contributed by atoms with E-state index in [-0.39, 0.29) is 11.5 Å². The van der Waals surface area contributed by atoms with Gasteiger partial charge in [-0.15, -0.1) is 11.3 Å². The smallest absolute Gasteiger partial charge is 0.160 e. The monoisotopic (exact) mass is 233 g/mol. The summed E-state index contributed by atoms with van der Waals surface area (Å²) in [4.78, 5) is 12.0. The predicted molar refractivity (Wildman–Crippen MR) is 65.8 cm³/mol. The SMILES string of the molecule is CC(=O)c1csc(-c2ccc(N)cc2O)c1. The van der Waals surface area contributed by atoms with E-state index in [9.17, 15) is 9.90 Å². The van der Waals surface area contributed by atoms with Gasteiger partial charge in [0, 0.05) is 33.1 Å². The number of nitrogens with two attached hydrogens (primary N) is 1. The maximum Gasteiger partial charge on any atom is 0.160 e. The van der Waals surface area contributed by atoms with Crippen molar-refractivity contribution in [2.45, 2.75) is 6.92 Å². The Hall–Kier alpha value is -1.81. The number of nitrogen functional groups attached to an aromatic ring is 1. The highest BCUT2D eigenvalue weighted by Gasteiger charge is 2.09. The van der Waals surface area contributed by atoms with E-state index in [2.05, 4.69) is 0 Å². The fraction of sp³-hybridized carbons (Fsp3) is 0.0833. The number of aromatic hydroxyl groups is 1. The zero-order valence-corrected chi connectivity index (χ0v) is 9.54. The molecule has 2 rings (SSSR count). The number of ketones is 1. The van der Waals surface area contributed by atoms with Crippen LogP contribution in [0.2, 0.25) is 0 Å². The minimum atomic E-state index is 0.0254. The Morgan fingerprint density at radius 3 is 2.69 bits per heavy atom. The van der Waals surface area contributed by atoms with E-state index in [0.717, 1.165) is 4.88 Å². The summed E-state index contributed by atoms with van der Waals surface area (Å²) < 4.78 is 0. The topological polar surface area (TPSA) is 63.3 Å². The number of hydrogen-bond donors (Lipinski definition) is 2. The Morgan fingerprint density at radius 2 is 2.12 bits per heavy atom. The molecule has 0 aliphatic rings. The zero-order chi connectivity index (χ0) is 11.7. The predicted octanol–water partition coefficient (Wildman–Crippen LogP) is 2.91. The average molecular weight is 233 g/mol. The van der Waals surface area contributed by atoms with Crippen molar-refractivity contribution in [3.8, 4) is 16.2 Å². The van der Waals surface area contributed by atoms with Gasteiger partial charge in [0.25, 0.3) is 0 Å². The highest BCUT2D eigenvalue weighted by Crippen LogP contribution is 2.34.